The highest BCUT2D eigenvalue weighted by molar-refractivity contribution is 6.01. The lowest BCUT2D eigenvalue weighted by Gasteiger charge is -2.10. The molecular formula is C15H13N5O4. The Morgan fingerprint density at radius 2 is 1.83 bits per heavy atom. The second-order valence-electron chi connectivity index (χ2n) is 5.17. The highest BCUT2D eigenvalue weighted by atomic mass is 16.6. The van der Waals surface area contributed by atoms with Gasteiger partial charge >= 0.3 is 11.7 Å². The molecule has 0 atom stereocenters. The number of aromatic amines is 2. The van der Waals surface area contributed by atoms with E-state index in [2.05, 4.69) is 20.6 Å². The fraction of sp³-hybridized carbons (Fsp3) is 0.0667. The van der Waals surface area contributed by atoms with E-state index in [1.165, 1.54) is 12.1 Å². The first-order valence-corrected chi connectivity index (χ1v) is 6.97. The molecule has 0 saturated heterocycles. The molecule has 0 bridgehead atoms. The fourth-order valence-electron chi connectivity index (χ4n) is 2.25. The molecule has 0 aliphatic heterocycles. The Kier molecular flexibility index (Phi) is 3.74. The molecule has 9 heteroatoms. The molecule has 0 spiro atoms. The summed E-state index contributed by atoms with van der Waals surface area (Å²) in [4.78, 5) is 38.8. The molecular weight excluding hydrogens is 314 g/mol. The average Bonchev–Trinajstić information content (AvgIpc) is 2.88. The average molecular weight is 327 g/mol. The Bertz CT molecular complexity index is 1000. The molecule has 2 amide bonds. The van der Waals surface area contributed by atoms with Gasteiger partial charge in [-0.05, 0) is 30.7 Å². The molecule has 3 aromatic rings. The number of non-ortho nitro benzene ring substituents is 1. The summed E-state index contributed by atoms with van der Waals surface area (Å²) in [5, 5.41) is 16.0. The Morgan fingerprint density at radius 1 is 1.08 bits per heavy atom. The minimum atomic E-state index is -0.546. The summed E-state index contributed by atoms with van der Waals surface area (Å²) in [6.07, 6.45) is 0. The number of aromatic nitrogens is 2. The third-order valence-electron chi connectivity index (χ3n) is 3.45. The van der Waals surface area contributed by atoms with Crippen LogP contribution in [0, 0.1) is 17.0 Å². The molecule has 1 aromatic heterocycles. The summed E-state index contributed by atoms with van der Waals surface area (Å²) in [5.74, 6) is 0. The van der Waals surface area contributed by atoms with Crippen LogP contribution in [-0.4, -0.2) is 20.9 Å². The van der Waals surface area contributed by atoms with E-state index in [0.29, 0.717) is 28.0 Å². The van der Waals surface area contributed by atoms with Crippen molar-refractivity contribution in [2.45, 2.75) is 6.92 Å². The van der Waals surface area contributed by atoms with Crippen LogP contribution < -0.4 is 16.3 Å². The quantitative estimate of drug-likeness (QED) is 0.435. The number of H-pyrrole nitrogens is 2. The van der Waals surface area contributed by atoms with Gasteiger partial charge in [0.05, 0.1) is 21.6 Å². The standard InChI is InChI=1S/C15H13N5O4/c1-8-2-4-10(20(23)24)7-12(8)18-14(21)16-9-3-5-11-13(6-9)19-15(22)17-11/h2-7H,1H3,(H2,16,18,21)(H2,17,19,22). The van der Waals surface area contributed by atoms with E-state index in [1.807, 2.05) is 0 Å². The van der Waals surface area contributed by atoms with Crippen molar-refractivity contribution in [3.63, 3.8) is 0 Å². The van der Waals surface area contributed by atoms with Crippen LogP contribution in [0.15, 0.2) is 41.2 Å². The van der Waals surface area contributed by atoms with Crippen molar-refractivity contribution < 1.29 is 9.72 Å². The van der Waals surface area contributed by atoms with Crippen LogP contribution in [0.1, 0.15) is 5.56 Å². The fourth-order valence-corrected chi connectivity index (χ4v) is 2.25. The molecule has 1 heterocycles. The molecule has 0 saturated carbocycles. The maximum atomic E-state index is 12.1. The van der Waals surface area contributed by atoms with Gasteiger partial charge in [-0.15, -0.1) is 0 Å². The number of carbonyl (C=O) groups excluding carboxylic acids is 1. The molecule has 0 fully saturated rings. The largest absolute Gasteiger partial charge is 0.323 e. The van der Waals surface area contributed by atoms with E-state index in [1.54, 1.807) is 31.2 Å². The second-order valence-corrected chi connectivity index (χ2v) is 5.17. The van der Waals surface area contributed by atoms with E-state index in [9.17, 15) is 19.7 Å². The van der Waals surface area contributed by atoms with Crippen LogP contribution in [0.5, 0.6) is 0 Å². The molecule has 24 heavy (non-hydrogen) atoms. The minimum Gasteiger partial charge on any atom is -0.308 e. The van der Waals surface area contributed by atoms with Gasteiger partial charge in [0.1, 0.15) is 0 Å². The Labute approximate surface area is 134 Å². The number of nitrogens with one attached hydrogen (secondary N) is 4. The zero-order valence-corrected chi connectivity index (χ0v) is 12.5. The van der Waals surface area contributed by atoms with Crippen LogP contribution in [0.25, 0.3) is 11.0 Å². The molecule has 2 aromatic carbocycles. The minimum absolute atomic E-state index is 0.109. The van der Waals surface area contributed by atoms with Crippen molar-refractivity contribution in [2.75, 3.05) is 10.6 Å². The molecule has 9 nitrogen and oxygen atoms in total. The molecule has 0 unspecified atom stereocenters. The van der Waals surface area contributed by atoms with Crippen molar-refractivity contribution in [1.29, 1.82) is 0 Å². The van der Waals surface area contributed by atoms with Crippen molar-refractivity contribution in [2.24, 2.45) is 0 Å². The third-order valence-corrected chi connectivity index (χ3v) is 3.45. The van der Waals surface area contributed by atoms with Gasteiger partial charge < -0.3 is 20.6 Å². The van der Waals surface area contributed by atoms with Gasteiger partial charge in [0, 0.05) is 17.8 Å². The lowest BCUT2D eigenvalue weighted by Crippen LogP contribution is -2.20. The van der Waals surface area contributed by atoms with Crippen LogP contribution >= 0.6 is 0 Å². The first-order valence-electron chi connectivity index (χ1n) is 6.97. The Morgan fingerprint density at radius 3 is 2.58 bits per heavy atom. The smallest absolute Gasteiger partial charge is 0.308 e. The molecule has 0 aliphatic rings. The number of urea groups is 1. The summed E-state index contributed by atoms with van der Waals surface area (Å²) in [6.45, 7) is 1.73. The van der Waals surface area contributed by atoms with Gasteiger partial charge in [0.15, 0.2) is 0 Å². The Balaban J connectivity index is 1.78. The molecule has 122 valence electrons. The number of anilines is 2. The van der Waals surface area contributed by atoms with Crippen LogP contribution in [-0.2, 0) is 0 Å². The van der Waals surface area contributed by atoms with Crippen molar-refractivity contribution in [3.05, 3.63) is 62.6 Å². The Hall–Kier alpha value is -3.62. The normalized spacial score (nSPS) is 10.5. The number of nitro groups is 1. The van der Waals surface area contributed by atoms with Crippen molar-refractivity contribution in [1.82, 2.24) is 9.97 Å². The van der Waals surface area contributed by atoms with E-state index in [4.69, 9.17) is 0 Å². The maximum Gasteiger partial charge on any atom is 0.323 e. The van der Waals surface area contributed by atoms with Crippen molar-refractivity contribution in [3.8, 4) is 0 Å². The predicted molar refractivity (Wildman–Crippen MR) is 89.4 cm³/mol. The second kappa shape index (κ2) is 5.88. The topological polar surface area (TPSA) is 133 Å². The van der Waals surface area contributed by atoms with Gasteiger partial charge in [-0.2, -0.15) is 0 Å². The zero-order valence-electron chi connectivity index (χ0n) is 12.5. The predicted octanol–water partition coefficient (Wildman–Crippen LogP) is 2.72. The first-order chi connectivity index (χ1) is 11.4. The molecule has 4 N–H and O–H groups in total. The number of rotatable bonds is 3. The highest BCUT2D eigenvalue weighted by Crippen LogP contribution is 2.22. The van der Waals surface area contributed by atoms with Crippen LogP contribution in [0.2, 0.25) is 0 Å². The van der Waals surface area contributed by atoms with E-state index >= 15 is 0 Å². The highest BCUT2D eigenvalue weighted by Gasteiger charge is 2.11. The number of nitro benzene ring substituents is 1. The number of hydrogen-bond donors (Lipinski definition) is 4. The van der Waals surface area contributed by atoms with Crippen LogP contribution in [0.3, 0.4) is 0 Å². The van der Waals surface area contributed by atoms with Gasteiger partial charge in [-0.1, -0.05) is 6.07 Å². The summed E-state index contributed by atoms with van der Waals surface area (Å²) in [7, 11) is 0. The maximum absolute atomic E-state index is 12.1. The summed E-state index contributed by atoms with van der Waals surface area (Å²) >= 11 is 0. The van der Waals surface area contributed by atoms with Crippen LogP contribution in [0.4, 0.5) is 21.9 Å². The number of aryl methyl sites for hydroxylation is 1. The number of hydrogen-bond acceptors (Lipinski definition) is 4. The summed E-state index contributed by atoms with van der Waals surface area (Å²) < 4.78 is 0. The van der Waals surface area contributed by atoms with Crippen molar-refractivity contribution >= 4 is 34.1 Å². The molecule has 0 radical (unpaired) electrons. The number of nitrogens with zero attached hydrogens (tertiary/aromatic N) is 1. The molecule has 3 rings (SSSR count). The number of carbonyl (C=O) groups is 1. The number of benzene rings is 2. The summed E-state index contributed by atoms with van der Waals surface area (Å²) in [5.41, 5.74) is 2.25. The van der Waals surface area contributed by atoms with E-state index in [-0.39, 0.29) is 11.4 Å². The first kappa shape index (κ1) is 15.3. The molecule has 0 aliphatic carbocycles. The van der Waals surface area contributed by atoms with Gasteiger partial charge in [0.2, 0.25) is 0 Å². The lowest BCUT2D eigenvalue weighted by molar-refractivity contribution is -0.384. The third kappa shape index (κ3) is 3.09. The summed E-state index contributed by atoms with van der Waals surface area (Å²) in [6, 6.07) is 8.57. The SMILES string of the molecule is Cc1ccc([N+](=O)[O-])cc1NC(=O)Nc1ccc2[nH]c(=O)[nH]c2c1. The number of imidazole rings is 1. The number of amides is 2. The lowest BCUT2D eigenvalue weighted by atomic mass is 10.2. The number of fused-ring (bicyclic) bond motifs is 1. The van der Waals surface area contributed by atoms with E-state index in [0.717, 1.165) is 0 Å². The van der Waals surface area contributed by atoms with Gasteiger partial charge in [-0.25, -0.2) is 9.59 Å². The monoisotopic (exact) mass is 327 g/mol. The van der Waals surface area contributed by atoms with E-state index < -0.39 is 11.0 Å². The van der Waals surface area contributed by atoms with Gasteiger partial charge in [0.25, 0.3) is 5.69 Å². The zero-order chi connectivity index (χ0) is 17.3. The van der Waals surface area contributed by atoms with Gasteiger partial charge in [-0.3, -0.25) is 10.1 Å².